The van der Waals surface area contributed by atoms with Crippen molar-refractivity contribution in [3.63, 3.8) is 0 Å². The second-order valence-electron chi connectivity index (χ2n) is 5.39. The van der Waals surface area contributed by atoms with Gasteiger partial charge in [-0.3, -0.25) is 0 Å². The summed E-state index contributed by atoms with van der Waals surface area (Å²) in [5.74, 6) is 0.650. The first-order valence-electron chi connectivity index (χ1n) is 4.92. The lowest BCUT2D eigenvalue weighted by atomic mass is 9.69. The number of nitrogens with two attached hydrogens (primary N) is 2. The lowest BCUT2D eigenvalue weighted by Gasteiger charge is -2.37. The third-order valence-corrected chi connectivity index (χ3v) is 4.99. The quantitative estimate of drug-likeness (QED) is 0.569. The van der Waals surface area contributed by atoms with E-state index in [1.165, 1.54) is 12.8 Å². The zero-order valence-electron chi connectivity index (χ0n) is 8.30. The molecule has 2 saturated carbocycles. The Morgan fingerprint density at radius 3 is 2.00 bits per heavy atom. The second-order valence-corrected chi connectivity index (χ2v) is 5.39. The molecule has 2 nitrogen and oxygen atoms in total. The third-order valence-electron chi connectivity index (χ3n) is 4.99. The maximum absolute atomic E-state index is 6.15. The lowest BCUT2D eigenvalue weighted by Crippen LogP contribution is -2.50. The Hall–Kier alpha value is -0.0800. The van der Waals surface area contributed by atoms with Crippen LogP contribution in [0.1, 0.15) is 33.6 Å². The summed E-state index contributed by atoms with van der Waals surface area (Å²) in [5, 5.41) is 0. The van der Waals surface area contributed by atoms with E-state index >= 15 is 0 Å². The van der Waals surface area contributed by atoms with Crippen LogP contribution in [0.5, 0.6) is 0 Å². The van der Waals surface area contributed by atoms with Crippen molar-refractivity contribution in [2.75, 3.05) is 0 Å². The van der Waals surface area contributed by atoms with E-state index in [-0.39, 0.29) is 17.5 Å². The number of rotatable bonds is 0. The highest BCUT2D eigenvalue weighted by atomic mass is 14.9. The van der Waals surface area contributed by atoms with Gasteiger partial charge in [0.05, 0.1) is 0 Å². The fourth-order valence-corrected chi connectivity index (χ4v) is 3.51. The topological polar surface area (TPSA) is 52.0 Å². The molecule has 2 fully saturated rings. The Bertz CT molecular complexity index is 212. The van der Waals surface area contributed by atoms with E-state index in [9.17, 15) is 0 Å². The summed E-state index contributed by atoms with van der Waals surface area (Å²) < 4.78 is 0. The molecule has 0 radical (unpaired) electrons. The van der Waals surface area contributed by atoms with Crippen molar-refractivity contribution < 1.29 is 0 Å². The smallest absolute Gasteiger partial charge is 0.0255 e. The van der Waals surface area contributed by atoms with Crippen LogP contribution in [0, 0.1) is 16.7 Å². The fourth-order valence-electron chi connectivity index (χ4n) is 3.51. The molecule has 0 heterocycles. The molecular formula is C10H20N2. The molecule has 4 N–H and O–H groups in total. The minimum atomic E-state index is 0.214. The van der Waals surface area contributed by atoms with Gasteiger partial charge in [0.25, 0.3) is 0 Å². The van der Waals surface area contributed by atoms with Crippen molar-refractivity contribution in [2.45, 2.75) is 45.7 Å². The van der Waals surface area contributed by atoms with Crippen molar-refractivity contribution in [2.24, 2.45) is 28.2 Å². The summed E-state index contributed by atoms with van der Waals surface area (Å²) in [7, 11) is 0. The second kappa shape index (κ2) is 2.05. The normalized spacial score (nSPS) is 56.2. The largest absolute Gasteiger partial charge is 0.326 e. The van der Waals surface area contributed by atoms with E-state index < -0.39 is 0 Å². The van der Waals surface area contributed by atoms with E-state index in [2.05, 4.69) is 20.8 Å². The van der Waals surface area contributed by atoms with Crippen LogP contribution in [-0.2, 0) is 0 Å². The van der Waals surface area contributed by atoms with Crippen LogP contribution in [-0.4, -0.2) is 12.1 Å². The van der Waals surface area contributed by atoms with Gasteiger partial charge >= 0.3 is 0 Å². The Balaban J connectivity index is 2.44. The minimum absolute atomic E-state index is 0.214. The van der Waals surface area contributed by atoms with Crippen LogP contribution in [0.25, 0.3) is 0 Å². The molecule has 4 atom stereocenters. The van der Waals surface area contributed by atoms with Crippen molar-refractivity contribution in [1.82, 2.24) is 0 Å². The van der Waals surface area contributed by atoms with E-state index in [4.69, 9.17) is 11.5 Å². The first kappa shape index (κ1) is 8.52. The van der Waals surface area contributed by atoms with Gasteiger partial charge in [0.1, 0.15) is 0 Å². The van der Waals surface area contributed by atoms with Gasteiger partial charge in [0.2, 0.25) is 0 Å². The molecule has 2 rings (SSSR count). The fraction of sp³-hybridized carbons (Fsp3) is 1.00. The molecule has 2 heteroatoms. The molecule has 0 unspecified atom stereocenters. The average Bonchev–Trinajstić information content (AvgIpc) is 2.26. The Kier molecular flexibility index (Phi) is 1.45. The molecule has 12 heavy (non-hydrogen) atoms. The van der Waals surface area contributed by atoms with E-state index in [1.54, 1.807) is 0 Å². The number of fused-ring (bicyclic) bond motifs is 2. The molecule has 0 spiro atoms. The summed E-state index contributed by atoms with van der Waals surface area (Å²) in [5.41, 5.74) is 12.9. The van der Waals surface area contributed by atoms with Gasteiger partial charge in [0.15, 0.2) is 0 Å². The van der Waals surface area contributed by atoms with Crippen molar-refractivity contribution in [3.8, 4) is 0 Å². The lowest BCUT2D eigenvalue weighted by molar-refractivity contribution is 0.136. The first-order valence-corrected chi connectivity index (χ1v) is 4.92. The maximum Gasteiger partial charge on any atom is 0.0255 e. The first-order chi connectivity index (χ1) is 5.41. The van der Waals surface area contributed by atoms with Crippen LogP contribution in [0.3, 0.4) is 0 Å². The summed E-state index contributed by atoms with van der Waals surface area (Å²) in [6.45, 7) is 6.97. The van der Waals surface area contributed by atoms with E-state index in [0.29, 0.717) is 11.3 Å². The minimum Gasteiger partial charge on any atom is -0.326 e. The zero-order chi connectivity index (χ0) is 9.15. The molecule has 70 valence electrons. The van der Waals surface area contributed by atoms with E-state index in [0.717, 1.165) is 0 Å². The highest BCUT2D eigenvalue weighted by Crippen LogP contribution is 2.64. The number of hydrogen-bond acceptors (Lipinski definition) is 2. The average molecular weight is 168 g/mol. The Morgan fingerprint density at radius 2 is 1.75 bits per heavy atom. The zero-order valence-corrected chi connectivity index (χ0v) is 8.30. The summed E-state index contributed by atoms with van der Waals surface area (Å²) in [6.07, 6.45) is 2.54. The van der Waals surface area contributed by atoms with E-state index in [1.807, 2.05) is 0 Å². The molecule has 0 aromatic carbocycles. The molecule has 2 bridgehead atoms. The molecule has 0 amide bonds. The summed E-state index contributed by atoms with van der Waals surface area (Å²) in [4.78, 5) is 0. The number of hydrogen-bond donors (Lipinski definition) is 2. The molecule has 0 aromatic rings. The molecule has 0 aliphatic heterocycles. The predicted molar refractivity (Wildman–Crippen MR) is 50.6 cm³/mol. The monoisotopic (exact) mass is 168 g/mol. The van der Waals surface area contributed by atoms with Crippen molar-refractivity contribution in [3.05, 3.63) is 0 Å². The van der Waals surface area contributed by atoms with Gasteiger partial charge in [-0.15, -0.1) is 0 Å². The van der Waals surface area contributed by atoms with Gasteiger partial charge in [-0.25, -0.2) is 0 Å². The molecule has 0 saturated heterocycles. The summed E-state index contributed by atoms with van der Waals surface area (Å²) in [6, 6.07) is 0.449. The van der Waals surface area contributed by atoms with Crippen molar-refractivity contribution in [1.29, 1.82) is 0 Å². The highest BCUT2D eigenvalue weighted by Gasteiger charge is 2.63. The van der Waals surface area contributed by atoms with Crippen molar-refractivity contribution >= 4 is 0 Å². The molecular weight excluding hydrogens is 148 g/mol. The summed E-state index contributed by atoms with van der Waals surface area (Å²) >= 11 is 0. The Labute approximate surface area is 74.7 Å². The van der Waals surface area contributed by atoms with Crippen LogP contribution in [0.4, 0.5) is 0 Å². The molecule has 0 aromatic heterocycles. The van der Waals surface area contributed by atoms with Crippen LogP contribution < -0.4 is 11.5 Å². The highest BCUT2D eigenvalue weighted by molar-refractivity contribution is 5.17. The van der Waals surface area contributed by atoms with Crippen LogP contribution >= 0.6 is 0 Å². The Morgan fingerprint density at radius 1 is 1.17 bits per heavy atom. The van der Waals surface area contributed by atoms with Crippen LogP contribution in [0.2, 0.25) is 0 Å². The molecule has 2 aliphatic rings. The molecule has 2 aliphatic carbocycles. The maximum atomic E-state index is 6.15. The van der Waals surface area contributed by atoms with Gasteiger partial charge in [-0.05, 0) is 29.6 Å². The predicted octanol–water partition coefficient (Wildman–Crippen LogP) is 1.10. The van der Waals surface area contributed by atoms with Gasteiger partial charge in [-0.2, -0.15) is 0 Å². The SMILES string of the molecule is CC1(C)[C@@H]2CC[C@@]1(C)[C@H](N)[C@@H]2N. The third kappa shape index (κ3) is 0.647. The van der Waals surface area contributed by atoms with Gasteiger partial charge in [0, 0.05) is 12.1 Å². The van der Waals surface area contributed by atoms with Gasteiger partial charge < -0.3 is 11.5 Å². The van der Waals surface area contributed by atoms with Gasteiger partial charge in [-0.1, -0.05) is 20.8 Å². The van der Waals surface area contributed by atoms with Crippen LogP contribution in [0.15, 0.2) is 0 Å². The standard InChI is InChI=1S/C10H20N2/c1-9(2)6-4-5-10(9,3)8(12)7(6)11/h6-8H,4-5,11-12H2,1-3H3/t6-,7-,8-,10+/m1/s1.